The van der Waals surface area contributed by atoms with E-state index in [0.29, 0.717) is 22.9 Å². The van der Waals surface area contributed by atoms with Crippen LogP contribution in [0.1, 0.15) is 18.2 Å². The van der Waals surface area contributed by atoms with Crippen molar-refractivity contribution in [2.24, 2.45) is 0 Å². The van der Waals surface area contributed by atoms with Crippen molar-refractivity contribution in [1.29, 1.82) is 0 Å². The smallest absolute Gasteiger partial charge is 0.312 e. The number of hydrogen-bond acceptors (Lipinski definition) is 6. The van der Waals surface area contributed by atoms with Crippen LogP contribution in [0.25, 0.3) is 10.8 Å². The number of carbonyl (C=O) groups excluding carboxylic acids is 1. The van der Waals surface area contributed by atoms with Crippen molar-refractivity contribution in [2.45, 2.75) is 25.9 Å². The van der Waals surface area contributed by atoms with Crippen LogP contribution < -0.4 is 0 Å². The Morgan fingerprint density at radius 3 is 2.67 bits per heavy atom. The van der Waals surface area contributed by atoms with Gasteiger partial charge in [0.15, 0.2) is 10.8 Å². The summed E-state index contributed by atoms with van der Waals surface area (Å²) < 4.78 is 5.47. The van der Waals surface area contributed by atoms with E-state index < -0.39 is 0 Å². The minimum Gasteiger partial charge on any atom is -0.462 e. The van der Waals surface area contributed by atoms with Crippen molar-refractivity contribution in [3.05, 3.63) is 65.4 Å². The van der Waals surface area contributed by atoms with Crippen molar-refractivity contribution in [2.75, 3.05) is 0 Å². The number of hydrogen-bond donors (Lipinski definition) is 0. The number of esters is 1. The van der Waals surface area contributed by atoms with Crippen LogP contribution in [-0.4, -0.2) is 27.0 Å². The molecule has 0 aliphatic rings. The third-order valence-electron chi connectivity index (χ3n) is 3.33. The number of thiazole rings is 1. The summed E-state index contributed by atoms with van der Waals surface area (Å²) in [5.41, 5.74) is 1.83. The van der Waals surface area contributed by atoms with E-state index in [4.69, 9.17) is 4.74 Å². The number of benzene rings is 1. The van der Waals surface area contributed by atoms with E-state index in [9.17, 15) is 4.79 Å². The van der Waals surface area contributed by atoms with Gasteiger partial charge in [0.1, 0.15) is 6.10 Å². The molecule has 5 nitrogen and oxygen atoms in total. The van der Waals surface area contributed by atoms with Crippen LogP contribution in [0.3, 0.4) is 0 Å². The van der Waals surface area contributed by atoms with E-state index in [1.807, 2.05) is 42.6 Å². The van der Waals surface area contributed by atoms with Gasteiger partial charge in [-0.25, -0.2) is 15.0 Å². The lowest BCUT2D eigenvalue weighted by molar-refractivity contribution is -0.147. The summed E-state index contributed by atoms with van der Waals surface area (Å²) in [4.78, 5) is 24.8. The molecule has 2 aromatic heterocycles. The molecule has 0 bridgehead atoms. The number of nitrogens with zero attached hydrogens (tertiary/aromatic N) is 3. The second kappa shape index (κ2) is 7.79. The Bertz CT molecular complexity index is 790. The summed E-state index contributed by atoms with van der Waals surface area (Å²) >= 11 is 1.42. The molecule has 0 radical (unpaired) electrons. The third kappa shape index (κ3) is 4.45. The highest BCUT2D eigenvalue weighted by atomic mass is 32.1. The number of aromatic nitrogens is 3. The lowest BCUT2D eigenvalue weighted by atomic mass is 10.1. The van der Waals surface area contributed by atoms with E-state index >= 15 is 0 Å². The van der Waals surface area contributed by atoms with Gasteiger partial charge in [-0.2, -0.15) is 0 Å². The van der Waals surface area contributed by atoms with Gasteiger partial charge < -0.3 is 4.74 Å². The number of ether oxygens (including phenoxy) is 1. The highest BCUT2D eigenvalue weighted by Gasteiger charge is 2.14. The zero-order valence-corrected chi connectivity index (χ0v) is 14.1. The largest absolute Gasteiger partial charge is 0.462 e. The minimum atomic E-state index is -0.274. The minimum absolute atomic E-state index is 0.155. The average Bonchev–Trinajstić information content (AvgIpc) is 3.04. The molecule has 6 heteroatoms. The molecule has 0 aliphatic carbocycles. The molecular formula is C18H17N3O2S. The second-order valence-corrected chi connectivity index (χ2v) is 6.24. The molecule has 1 atom stereocenters. The molecule has 3 rings (SSSR count). The number of rotatable bonds is 6. The molecule has 0 N–H and O–H groups in total. The van der Waals surface area contributed by atoms with Crippen LogP contribution in [0.4, 0.5) is 0 Å². The van der Waals surface area contributed by atoms with Gasteiger partial charge in [-0.1, -0.05) is 30.3 Å². The summed E-state index contributed by atoms with van der Waals surface area (Å²) in [6.45, 7) is 1.90. The number of carbonyl (C=O) groups is 1. The first-order chi connectivity index (χ1) is 11.7. The maximum Gasteiger partial charge on any atom is 0.312 e. The van der Waals surface area contributed by atoms with E-state index in [0.717, 1.165) is 5.56 Å². The van der Waals surface area contributed by atoms with Crippen LogP contribution >= 0.6 is 11.3 Å². The Hall–Kier alpha value is -2.60. The molecular weight excluding hydrogens is 322 g/mol. The van der Waals surface area contributed by atoms with Crippen molar-refractivity contribution in [3.63, 3.8) is 0 Å². The van der Waals surface area contributed by atoms with Crippen molar-refractivity contribution >= 4 is 17.3 Å². The molecule has 0 saturated heterocycles. The molecule has 0 unspecified atom stereocenters. The van der Waals surface area contributed by atoms with Crippen LogP contribution in [-0.2, 0) is 22.4 Å². The SMILES string of the molecule is C[C@@H](Cc1ccccc1)OC(=O)Cc1csc(-c2ncccn2)n1. The fraction of sp³-hybridized carbons (Fsp3) is 0.222. The van der Waals surface area contributed by atoms with Gasteiger partial charge >= 0.3 is 5.97 Å². The molecule has 1 aromatic carbocycles. The zero-order chi connectivity index (χ0) is 16.8. The molecule has 0 amide bonds. The molecule has 24 heavy (non-hydrogen) atoms. The first-order valence-electron chi connectivity index (χ1n) is 7.66. The van der Waals surface area contributed by atoms with Crippen LogP contribution in [0.2, 0.25) is 0 Å². The van der Waals surface area contributed by atoms with Crippen LogP contribution in [0, 0.1) is 0 Å². The van der Waals surface area contributed by atoms with Crippen LogP contribution in [0.15, 0.2) is 54.2 Å². The summed E-state index contributed by atoms with van der Waals surface area (Å²) in [6, 6.07) is 11.7. The van der Waals surface area contributed by atoms with Gasteiger partial charge in [-0.15, -0.1) is 11.3 Å². The third-order valence-corrected chi connectivity index (χ3v) is 4.22. The molecule has 3 aromatic rings. The highest BCUT2D eigenvalue weighted by molar-refractivity contribution is 7.13. The summed E-state index contributed by atoms with van der Waals surface area (Å²) in [5.74, 6) is 0.295. The predicted octanol–water partition coefficient (Wildman–Crippen LogP) is 3.32. The zero-order valence-electron chi connectivity index (χ0n) is 13.3. The normalized spacial score (nSPS) is 11.9. The Balaban J connectivity index is 1.54. The Kier molecular flexibility index (Phi) is 5.28. The summed E-state index contributed by atoms with van der Waals surface area (Å²) in [7, 11) is 0. The fourth-order valence-corrected chi connectivity index (χ4v) is 3.07. The van der Waals surface area contributed by atoms with Gasteiger partial charge in [-0.3, -0.25) is 4.79 Å². The topological polar surface area (TPSA) is 65.0 Å². The highest BCUT2D eigenvalue weighted by Crippen LogP contribution is 2.20. The van der Waals surface area contributed by atoms with Gasteiger partial charge in [0, 0.05) is 24.2 Å². The quantitative estimate of drug-likeness (QED) is 0.645. The van der Waals surface area contributed by atoms with E-state index in [2.05, 4.69) is 15.0 Å². The fourth-order valence-electron chi connectivity index (χ4n) is 2.30. The average molecular weight is 339 g/mol. The van der Waals surface area contributed by atoms with Crippen molar-refractivity contribution < 1.29 is 9.53 Å². The summed E-state index contributed by atoms with van der Waals surface area (Å²) in [6.07, 6.45) is 4.02. The van der Waals surface area contributed by atoms with Crippen molar-refractivity contribution in [3.8, 4) is 10.8 Å². The molecule has 0 aliphatic heterocycles. The van der Waals surface area contributed by atoms with Gasteiger partial charge in [0.2, 0.25) is 0 Å². The van der Waals surface area contributed by atoms with E-state index in [-0.39, 0.29) is 18.5 Å². The predicted molar refractivity (Wildman–Crippen MR) is 92.5 cm³/mol. The summed E-state index contributed by atoms with van der Waals surface area (Å²) in [5, 5.41) is 2.55. The van der Waals surface area contributed by atoms with Gasteiger partial charge in [-0.05, 0) is 18.6 Å². The van der Waals surface area contributed by atoms with Crippen LogP contribution in [0.5, 0.6) is 0 Å². The molecule has 0 saturated carbocycles. The lowest BCUT2D eigenvalue weighted by Crippen LogP contribution is -2.18. The lowest BCUT2D eigenvalue weighted by Gasteiger charge is -2.12. The van der Waals surface area contributed by atoms with Gasteiger partial charge in [0.25, 0.3) is 0 Å². The maximum absolute atomic E-state index is 12.1. The molecule has 2 heterocycles. The van der Waals surface area contributed by atoms with Gasteiger partial charge in [0.05, 0.1) is 12.1 Å². The van der Waals surface area contributed by atoms with E-state index in [1.54, 1.807) is 18.5 Å². The molecule has 122 valence electrons. The molecule has 0 spiro atoms. The Labute approximate surface area is 144 Å². The monoisotopic (exact) mass is 339 g/mol. The standard InChI is InChI=1S/C18H17N3O2S/c1-13(10-14-6-3-2-4-7-14)23-16(22)11-15-12-24-18(21-15)17-19-8-5-9-20-17/h2-9,12-13H,10-11H2,1H3/t13-/m0/s1. The Morgan fingerprint density at radius 2 is 1.92 bits per heavy atom. The maximum atomic E-state index is 12.1. The first kappa shape index (κ1) is 16.3. The second-order valence-electron chi connectivity index (χ2n) is 5.38. The van der Waals surface area contributed by atoms with Crippen molar-refractivity contribution in [1.82, 2.24) is 15.0 Å². The van der Waals surface area contributed by atoms with E-state index in [1.165, 1.54) is 11.3 Å². The molecule has 0 fully saturated rings. The Morgan fingerprint density at radius 1 is 1.17 bits per heavy atom. The first-order valence-corrected chi connectivity index (χ1v) is 8.54.